The molecule has 0 saturated carbocycles. The molecule has 0 aliphatic rings. The molecule has 2 rings (SSSR count). The number of hydrogen-bond donors (Lipinski definition) is 2. The fourth-order valence-corrected chi connectivity index (χ4v) is 2.45. The Hall–Kier alpha value is -1.71. The van der Waals surface area contributed by atoms with Crippen molar-refractivity contribution < 1.29 is 22.0 Å². The van der Waals surface area contributed by atoms with Crippen LogP contribution in [0, 0.1) is 5.82 Å². The van der Waals surface area contributed by atoms with Crippen LogP contribution in [0.25, 0.3) is 0 Å². The molecular weight excluding hydrogens is 355 g/mol. The number of benzene rings is 1. The van der Waals surface area contributed by atoms with Gasteiger partial charge in [-0.2, -0.15) is 0 Å². The largest absolute Gasteiger partial charge is 0.444 e. The second-order valence-electron chi connectivity index (χ2n) is 3.74. The van der Waals surface area contributed by atoms with E-state index in [1.165, 1.54) is 12.1 Å². The van der Waals surface area contributed by atoms with E-state index in [1.54, 1.807) is 0 Å². The lowest BCUT2D eigenvalue weighted by Gasteiger charge is -2.08. The first-order chi connectivity index (χ1) is 9.27. The van der Waals surface area contributed by atoms with Gasteiger partial charge < -0.3 is 9.73 Å². The van der Waals surface area contributed by atoms with Crippen molar-refractivity contribution in [3.8, 4) is 0 Å². The number of carbonyl (C=O) groups is 1. The minimum Gasteiger partial charge on any atom is -0.444 e. The summed E-state index contributed by atoms with van der Waals surface area (Å²) in [7, 11) is -4.09. The van der Waals surface area contributed by atoms with Crippen molar-refractivity contribution in [2.75, 3.05) is 5.32 Å². The smallest absolute Gasteiger partial charge is 0.291 e. The number of carbonyl (C=O) groups excluding carboxylic acids is 1. The highest BCUT2D eigenvalue weighted by molar-refractivity contribution is 9.10. The maximum atomic E-state index is 13.2. The maximum Gasteiger partial charge on any atom is 0.291 e. The minimum absolute atomic E-state index is 0.0681. The first kappa shape index (κ1) is 14.7. The Morgan fingerprint density at radius 1 is 1.30 bits per heavy atom. The van der Waals surface area contributed by atoms with Gasteiger partial charge in [-0.15, -0.1) is 0 Å². The zero-order chi connectivity index (χ0) is 14.9. The number of anilines is 1. The van der Waals surface area contributed by atoms with Gasteiger partial charge in [0.05, 0.1) is 5.69 Å². The lowest BCUT2D eigenvalue weighted by atomic mass is 10.3. The van der Waals surface area contributed by atoms with E-state index in [9.17, 15) is 17.6 Å². The molecular formula is C11H8BrFN2O4S. The molecule has 0 saturated heterocycles. The van der Waals surface area contributed by atoms with E-state index in [-0.39, 0.29) is 11.4 Å². The summed E-state index contributed by atoms with van der Waals surface area (Å²) in [5.74, 6) is -1.51. The molecule has 1 amide bonds. The molecule has 0 aliphatic carbocycles. The maximum absolute atomic E-state index is 13.2. The number of nitrogens with one attached hydrogen (secondary N) is 1. The molecule has 20 heavy (non-hydrogen) atoms. The average molecular weight is 363 g/mol. The molecule has 0 spiro atoms. The number of sulfonamides is 1. The number of rotatable bonds is 3. The number of nitrogens with two attached hydrogens (primary N) is 1. The lowest BCUT2D eigenvalue weighted by Crippen LogP contribution is -2.18. The van der Waals surface area contributed by atoms with Crippen molar-refractivity contribution in [2.24, 2.45) is 5.14 Å². The molecule has 0 unspecified atom stereocenters. The summed E-state index contributed by atoms with van der Waals surface area (Å²) in [6, 6.07) is 5.61. The van der Waals surface area contributed by atoms with Crippen LogP contribution in [0.3, 0.4) is 0 Å². The van der Waals surface area contributed by atoms with E-state index in [1.807, 2.05) is 0 Å². The van der Waals surface area contributed by atoms with Crippen LogP contribution in [0.15, 0.2) is 44.3 Å². The average Bonchev–Trinajstić information content (AvgIpc) is 2.74. The van der Waals surface area contributed by atoms with Crippen LogP contribution in [0.4, 0.5) is 10.1 Å². The van der Waals surface area contributed by atoms with E-state index in [4.69, 9.17) is 9.56 Å². The van der Waals surface area contributed by atoms with Gasteiger partial charge in [0, 0.05) is 0 Å². The highest BCUT2D eigenvalue weighted by atomic mass is 79.9. The summed E-state index contributed by atoms with van der Waals surface area (Å²) in [6.07, 6.45) is 0. The van der Waals surface area contributed by atoms with Crippen LogP contribution >= 0.6 is 15.9 Å². The molecule has 9 heteroatoms. The van der Waals surface area contributed by atoms with Crippen LogP contribution < -0.4 is 10.5 Å². The number of primary sulfonamides is 1. The number of halogens is 2. The lowest BCUT2D eigenvalue weighted by molar-refractivity contribution is 0.0995. The zero-order valence-electron chi connectivity index (χ0n) is 9.76. The third kappa shape index (κ3) is 3.24. The van der Waals surface area contributed by atoms with Crippen molar-refractivity contribution in [3.63, 3.8) is 0 Å². The van der Waals surface area contributed by atoms with Crippen molar-refractivity contribution >= 4 is 37.5 Å². The van der Waals surface area contributed by atoms with E-state index < -0.39 is 26.6 Å². The Morgan fingerprint density at radius 2 is 2.00 bits per heavy atom. The standard InChI is InChI=1S/C11H8BrFN2O4S/c12-10-4-2-8(19-10)11(16)15-7-5-6(13)1-3-9(7)20(14,17)18/h1-5H,(H,15,16)(H2,14,17,18). The number of amides is 1. The van der Waals surface area contributed by atoms with Crippen molar-refractivity contribution in [2.45, 2.75) is 4.90 Å². The van der Waals surface area contributed by atoms with E-state index in [2.05, 4.69) is 21.2 Å². The van der Waals surface area contributed by atoms with Crippen LogP contribution in [-0.4, -0.2) is 14.3 Å². The molecule has 6 nitrogen and oxygen atoms in total. The van der Waals surface area contributed by atoms with Gasteiger partial charge in [0.15, 0.2) is 10.4 Å². The predicted molar refractivity (Wildman–Crippen MR) is 72.1 cm³/mol. The molecule has 0 radical (unpaired) electrons. The third-order valence-electron chi connectivity index (χ3n) is 2.29. The van der Waals surface area contributed by atoms with Crippen molar-refractivity contribution in [3.05, 3.63) is 46.6 Å². The molecule has 0 bridgehead atoms. The van der Waals surface area contributed by atoms with Crippen molar-refractivity contribution in [1.82, 2.24) is 0 Å². The van der Waals surface area contributed by atoms with Gasteiger partial charge in [0.1, 0.15) is 10.7 Å². The first-order valence-corrected chi connectivity index (χ1v) is 7.50. The summed E-state index contributed by atoms with van der Waals surface area (Å²) in [6.45, 7) is 0. The van der Waals surface area contributed by atoms with Gasteiger partial charge in [0.2, 0.25) is 10.0 Å². The van der Waals surface area contributed by atoms with Crippen LogP contribution in [0.5, 0.6) is 0 Å². The second-order valence-corrected chi connectivity index (χ2v) is 6.05. The predicted octanol–water partition coefficient (Wildman–Crippen LogP) is 2.08. The molecule has 3 N–H and O–H groups in total. The summed E-state index contributed by atoms with van der Waals surface area (Å²) >= 11 is 3.02. The van der Waals surface area contributed by atoms with Gasteiger partial charge >= 0.3 is 0 Å². The second kappa shape index (κ2) is 5.35. The zero-order valence-corrected chi connectivity index (χ0v) is 12.2. The Bertz CT molecular complexity index is 772. The van der Waals surface area contributed by atoms with Crippen LogP contribution in [0.1, 0.15) is 10.6 Å². The molecule has 1 heterocycles. The fraction of sp³-hybridized carbons (Fsp3) is 0. The first-order valence-electron chi connectivity index (χ1n) is 5.16. The van der Waals surface area contributed by atoms with Gasteiger partial charge in [-0.05, 0) is 46.3 Å². The Morgan fingerprint density at radius 3 is 2.55 bits per heavy atom. The Labute approximate surface area is 121 Å². The quantitative estimate of drug-likeness (QED) is 0.872. The number of furan rings is 1. The van der Waals surface area contributed by atoms with E-state index in [0.717, 1.165) is 18.2 Å². The Balaban J connectivity index is 2.38. The van der Waals surface area contributed by atoms with E-state index in [0.29, 0.717) is 4.67 Å². The molecule has 106 valence electrons. The van der Waals surface area contributed by atoms with Crippen LogP contribution in [-0.2, 0) is 10.0 Å². The highest BCUT2D eigenvalue weighted by Crippen LogP contribution is 2.23. The summed E-state index contributed by atoms with van der Waals surface area (Å²) in [4.78, 5) is 11.4. The molecule has 0 aliphatic heterocycles. The van der Waals surface area contributed by atoms with Gasteiger partial charge in [-0.3, -0.25) is 4.79 Å². The monoisotopic (exact) mass is 362 g/mol. The normalized spacial score (nSPS) is 11.3. The van der Waals surface area contributed by atoms with Gasteiger partial charge in [-0.25, -0.2) is 17.9 Å². The van der Waals surface area contributed by atoms with Gasteiger partial charge in [-0.1, -0.05) is 0 Å². The molecule has 1 aromatic heterocycles. The topological polar surface area (TPSA) is 102 Å². The summed E-state index contributed by atoms with van der Waals surface area (Å²) < 4.78 is 41.2. The van der Waals surface area contributed by atoms with Crippen molar-refractivity contribution in [1.29, 1.82) is 0 Å². The van der Waals surface area contributed by atoms with Crippen LogP contribution in [0.2, 0.25) is 0 Å². The highest BCUT2D eigenvalue weighted by Gasteiger charge is 2.18. The molecule has 1 aromatic carbocycles. The molecule has 0 atom stereocenters. The number of hydrogen-bond acceptors (Lipinski definition) is 4. The summed E-state index contributed by atoms with van der Waals surface area (Å²) in [5.41, 5.74) is -0.259. The SMILES string of the molecule is NS(=O)(=O)c1ccc(F)cc1NC(=O)c1ccc(Br)o1. The molecule has 2 aromatic rings. The summed E-state index contributed by atoms with van der Waals surface area (Å²) in [5, 5.41) is 7.23. The minimum atomic E-state index is -4.09. The van der Waals surface area contributed by atoms with Gasteiger partial charge in [0.25, 0.3) is 5.91 Å². The Kier molecular flexibility index (Phi) is 3.93. The van der Waals surface area contributed by atoms with E-state index >= 15 is 0 Å². The third-order valence-corrected chi connectivity index (χ3v) is 3.69. The molecule has 0 fully saturated rings. The fourth-order valence-electron chi connectivity index (χ4n) is 1.47.